The zero-order chi connectivity index (χ0) is 13.2. The van der Waals surface area contributed by atoms with Gasteiger partial charge < -0.3 is 10.6 Å². The summed E-state index contributed by atoms with van der Waals surface area (Å²) in [6, 6.07) is 4.07. The molecule has 0 fully saturated rings. The quantitative estimate of drug-likeness (QED) is 0.781. The van der Waals surface area contributed by atoms with Crippen molar-refractivity contribution in [1.82, 2.24) is 0 Å². The highest BCUT2D eigenvalue weighted by molar-refractivity contribution is 7.89. The highest BCUT2D eigenvalue weighted by Gasteiger charge is 2.18. The smallest absolute Gasteiger partial charge is 0.255 e. The maximum Gasteiger partial charge on any atom is 0.255 e. The Morgan fingerprint density at radius 2 is 2.00 bits per heavy atom. The maximum atomic E-state index is 12.2. The summed E-state index contributed by atoms with van der Waals surface area (Å²) in [7, 11) is -2.56. The molecule has 0 aliphatic carbocycles. The number of hydrogen-bond acceptors (Lipinski definition) is 4. The zero-order valence-corrected chi connectivity index (χ0v) is 9.92. The molecular weight excluding hydrogens is 252 g/mol. The van der Waals surface area contributed by atoms with E-state index in [0.29, 0.717) is 0 Å². The van der Waals surface area contributed by atoms with Crippen LogP contribution in [-0.4, -0.2) is 28.4 Å². The first kappa shape index (κ1) is 13.7. The van der Waals surface area contributed by atoms with Gasteiger partial charge in [-0.15, -0.1) is 0 Å². The molecule has 0 aromatic heterocycles. The van der Waals surface area contributed by atoms with Crippen molar-refractivity contribution in [3.63, 3.8) is 0 Å². The van der Waals surface area contributed by atoms with Gasteiger partial charge in [0.25, 0.3) is 6.43 Å². The minimum absolute atomic E-state index is 0.127. The Morgan fingerprint density at radius 3 is 2.47 bits per heavy atom. The number of benzene rings is 1. The number of nitrogen functional groups attached to an aromatic ring is 1. The van der Waals surface area contributed by atoms with Gasteiger partial charge in [0.05, 0.1) is 17.9 Å². The molecule has 0 aliphatic heterocycles. The summed E-state index contributed by atoms with van der Waals surface area (Å²) < 4.78 is 46.8. The van der Waals surface area contributed by atoms with Crippen LogP contribution in [0.1, 0.15) is 0 Å². The molecule has 0 heterocycles. The largest absolute Gasteiger partial charge is 0.396 e. The lowest BCUT2D eigenvalue weighted by atomic mass is 10.2. The molecule has 1 rings (SSSR count). The van der Waals surface area contributed by atoms with Gasteiger partial charge >= 0.3 is 0 Å². The molecule has 0 radical (unpaired) electrons. The Hall–Kier alpha value is -1.41. The Morgan fingerprint density at radius 1 is 1.41 bits per heavy atom. The molecule has 0 unspecified atom stereocenters. The molecule has 0 aliphatic rings. The summed E-state index contributed by atoms with van der Waals surface area (Å²) >= 11 is 0. The van der Waals surface area contributed by atoms with E-state index in [1.54, 1.807) is 0 Å². The highest BCUT2D eigenvalue weighted by Crippen LogP contribution is 2.28. The van der Waals surface area contributed by atoms with Gasteiger partial charge in [-0.25, -0.2) is 22.3 Å². The average Bonchev–Trinajstić information content (AvgIpc) is 2.14. The third kappa shape index (κ3) is 3.27. The first-order chi connectivity index (χ1) is 7.73. The van der Waals surface area contributed by atoms with Crippen molar-refractivity contribution >= 4 is 21.4 Å². The van der Waals surface area contributed by atoms with Crippen molar-refractivity contribution in [3.05, 3.63) is 18.2 Å². The number of sulfonamides is 1. The Bertz CT molecular complexity index is 505. The van der Waals surface area contributed by atoms with E-state index in [2.05, 4.69) is 0 Å². The molecule has 1 aromatic rings. The third-order valence-electron chi connectivity index (χ3n) is 2.17. The molecule has 0 saturated heterocycles. The molecule has 0 bridgehead atoms. The van der Waals surface area contributed by atoms with Crippen LogP contribution in [0.15, 0.2) is 23.1 Å². The number of halogens is 2. The number of para-hydroxylation sites is 1. The van der Waals surface area contributed by atoms with Gasteiger partial charge in [-0.05, 0) is 12.1 Å². The van der Waals surface area contributed by atoms with Gasteiger partial charge in [0.1, 0.15) is 4.90 Å². The molecule has 96 valence electrons. The van der Waals surface area contributed by atoms with E-state index in [-0.39, 0.29) is 16.3 Å². The van der Waals surface area contributed by atoms with Crippen molar-refractivity contribution in [3.8, 4) is 0 Å². The van der Waals surface area contributed by atoms with E-state index < -0.39 is 23.0 Å². The van der Waals surface area contributed by atoms with Crippen LogP contribution < -0.4 is 15.8 Å². The lowest BCUT2D eigenvalue weighted by molar-refractivity contribution is 0.156. The van der Waals surface area contributed by atoms with Gasteiger partial charge in [-0.2, -0.15) is 0 Å². The minimum Gasteiger partial charge on any atom is -0.396 e. The number of nitrogens with two attached hydrogens (primary N) is 2. The van der Waals surface area contributed by atoms with Crippen LogP contribution in [0, 0.1) is 0 Å². The van der Waals surface area contributed by atoms with Gasteiger partial charge in [-0.1, -0.05) is 6.07 Å². The molecule has 8 heteroatoms. The van der Waals surface area contributed by atoms with Crippen LogP contribution in [0.3, 0.4) is 0 Å². The molecular formula is C9H13F2N3O2S. The number of nitrogens with zero attached hydrogens (tertiary/aromatic N) is 1. The summed E-state index contributed by atoms with van der Waals surface area (Å²) in [5, 5.41) is 4.95. The van der Waals surface area contributed by atoms with Crippen LogP contribution >= 0.6 is 0 Å². The fourth-order valence-electron chi connectivity index (χ4n) is 1.42. The van der Waals surface area contributed by atoms with Gasteiger partial charge in [-0.3, -0.25) is 0 Å². The van der Waals surface area contributed by atoms with Crippen molar-refractivity contribution in [1.29, 1.82) is 0 Å². The van der Waals surface area contributed by atoms with Crippen LogP contribution in [0.5, 0.6) is 0 Å². The third-order valence-corrected chi connectivity index (χ3v) is 3.14. The normalized spacial score (nSPS) is 11.8. The topological polar surface area (TPSA) is 89.4 Å². The first-order valence-electron chi connectivity index (χ1n) is 4.64. The van der Waals surface area contributed by atoms with Crippen molar-refractivity contribution in [2.75, 3.05) is 24.2 Å². The number of alkyl halides is 2. The zero-order valence-electron chi connectivity index (χ0n) is 9.10. The Labute approximate surface area is 98.1 Å². The summed E-state index contributed by atoms with van der Waals surface area (Å²) in [4.78, 5) is 0.908. The summed E-state index contributed by atoms with van der Waals surface area (Å²) in [6.07, 6.45) is -2.54. The number of anilines is 2. The lowest BCUT2D eigenvalue weighted by Gasteiger charge is -2.21. The molecule has 5 nitrogen and oxygen atoms in total. The lowest BCUT2D eigenvalue weighted by Crippen LogP contribution is -2.25. The average molecular weight is 265 g/mol. The van der Waals surface area contributed by atoms with Crippen LogP contribution in [0.25, 0.3) is 0 Å². The van der Waals surface area contributed by atoms with Gasteiger partial charge in [0, 0.05) is 7.05 Å². The minimum atomic E-state index is -3.96. The Balaban J connectivity index is 3.20. The number of hydrogen-bond donors (Lipinski definition) is 2. The highest BCUT2D eigenvalue weighted by atomic mass is 32.2. The summed E-state index contributed by atoms with van der Waals surface area (Å²) in [5.41, 5.74) is 5.68. The monoisotopic (exact) mass is 265 g/mol. The van der Waals surface area contributed by atoms with Crippen LogP contribution in [0.2, 0.25) is 0 Å². The van der Waals surface area contributed by atoms with Crippen molar-refractivity contribution in [2.45, 2.75) is 11.3 Å². The standard InChI is InChI=1S/C9H13F2N3O2S/c1-14(5-8(10)11)6-3-2-4-7(9(6)12)17(13,15)16/h2-4,8H,5,12H2,1H3,(H2,13,15,16). The van der Waals surface area contributed by atoms with Gasteiger partial charge in [0.15, 0.2) is 0 Å². The summed E-state index contributed by atoms with van der Waals surface area (Å²) in [6.45, 7) is -0.543. The fraction of sp³-hybridized carbons (Fsp3) is 0.333. The predicted molar refractivity (Wildman–Crippen MR) is 61.5 cm³/mol. The van der Waals surface area contributed by atoms with Crippen LogP contribution in [-0.2, 0) is 10.0 Å². The van der Waals surface area contributed by atoms with E-state index in [1.807, 2.05) is 0 Å². The second kappa shape index (κ2) is 4.84. The van der Waals surface area contributed by atoms with E-state index in [4.69, 9.17) is 10.9 Å². The number of primary sulfonamides is 1. The Kier molecular flexibility index (Phi) is 3.89. The first-order valence-corrected chi connectivity index (χ1v) is 6.18. The molecule has 17 heavy (non-hydrogen) atoms. The fourth-order valence-corrected chi connectivity index (χ4v) is 2.10. The second-order valence-corrected chi connectivity index (χ2v) is 5.04. The van der Waals surface area contributed by atoms with Crippen LogP contribution in [0.4, 0.5) is 20.2 Å². The second-order valence-electron chi connectivity index (χ2n) is 3.51. The van der Waals surface area contributed by atoms with E-state index in [1.165, 1.54) is 30.1 Å². The summed E-state index contributed by atoms with van der Waals surface area (Å²) in [5.74, 6) is 0. The maximum absolute atomic E-state index is 12.2. The van der Waals surface area contributed by atoms with E-state index in [9.17, 15) is 17.2 Å². The van der Waals surface area contributed by atoms with E-state index in [0.717, 1.165) is 0 Å². The van der Waals surface area contributed by atoms with Crippen molar-refractivity contribution in [2.24, 2.45) is 5.14 Å². The molecule has 0 atom stereocenters. The molecule has 0 spiro atoms. The molecule has 4 N–H and O–H groups in total. The SMILES string of the molecule is CN(CC(F)F)c1cccc(S(N)(=O)=O)c1N. The molecule has 1 aromatic carbocycles. The predicted octanol–water partition coefficient (Wildman–Crippen LogP) is 0.618. The number of rotatable bonds is 4. The molecule has 0 amide bonds. The van der Waals surface area contributed by atoms with E-state index >= 15 is 0 Å². The van der Waals surface area contributed by atoms with Crippen molar-refractivity contribution < 1.29 is 17.2 Å². The molecule has 0 saturated carbocycles. The van der Waals surface area contributed by atoms with Gasteiger partial charge in [0.2, 0.25) is 10.0 Å².